The summed E-state index contributed by atoms with van der Waals surface area (Å²) in [5.41, 5.74) is 14.2. The molecule has 2 aliphatic carbocycles. The van der Waals surface area contributed by atoms with E-state index in [2.05, 4.69) is 65.2 Å². The van der Waals surface area contributed by atoms with Crippen LogP contribution in [0.3, 0.4) is 0 Å². The summed E-state index contributed by atoms with van der Waals surface area (Å²) >= 11 is 2.95. The Kier molecular flexibility index (Phi) is 11.0. The molecular weight excluding hydrogens is 935 g/mol. The van der Waals surface area contributed by atoms with Gasteiger partial charge in [-0.25, -0.2) is 15.0 Å². The van der Waals surface area contributed by atoms with E-state index in [0.29, 0.717) is 73.4 Å². The van der Waals surface area contributed by atoms with E-state index in [4.69, 9.17) is 4.42 Å². The molecule has 5 aliphatic rings. The average molecular weight is 976 g/mol. The van der Waals surface area contributed by atoms with Crippen molar-refractivity contribution in [3.8, 4) is 51.6 Å². The van der Waals surface area contributed by atoms with Crippen LogP contribution in [0.5, 0.6) is 17.6 Å². The number of nitrogens with zero attached hydrogens (tertiary/aromatic N) is 4. The highest BCUT2D eigenvalue weighted by Gasteiger charge is 2.37. The highest BCUT2D eigenvalue weighted by atomic mass is 32.1. The van der Waals surface area contributed by atoms with Crippen LogP contribution >= 0.6 is 22.7 Å². The normalized spacial score (nSPS) is 15.1. The maximum Gasteiger partial charge on any atom is 0.280 e. The number of thiophene rings is 2. The first-order chi connectivity index (χ1) is 34.7. The van der Waals surface area contributed by atoms with Crippen molar-refractivity contribution in [2.45, 2.75) is 51.4 Å². The fourth-order valence-electron chi connectivity index (χ4n) is 10.2. The maximum absolute atomic E-state index is 12.9. The number of H-pyrrole nitrogens is 3. The smallest absolute Gasteiger partial charge is 0.280 e. The van der Waals surface area contributed by atoms with Gasteiger partial charge in [-0.05, 0) is 138 Å². The minimum absolute atomic E-state index is 0.0278. The fourth-order valence-corrected chi connectivity index (χ4v) is 11.6. The topological polar surface area (TPSA) is 222 Å². The number of aromatic amines is 3. The molecule has 14 nitrogen and oxygen atoms in total. The molecule has 2 aromatic carbocycles. The first kappa shape index (κ1) is 43.8. The molecule has 3 aliphatic heterocycles. The van der Waals surface area contributed by atoms with E-state index in [1.54, 1.807) is 36.7 Å². The number of fused-ring (bicyclic) bond motifs is 5. The Balaban J connectivity index is 0.000000113. The average Bonchev–Trinajstić information content (AvgIpc) is 4.25. The fraction of sp³-hybridized carbons (Fsp3) is 0.145. The van der Waals surface area contributed by atoms with Crippen molar-refractivity contribution in [3.63, 3.8) is 0 Å². The van der Waals surface area contributed by atoms with Crippen molar-refractivity contribution < 1.29 is 34.1 Å². The van der Waals surface area contributed by atoms with Crippen LogP contribution in [0.1, 0.15) is 111 Å². The van der Waals surface area contributed by atoms with E-state index in [-0.39, 0.29) is 35.4 Å². The Labute approximate surface area is 412 Å². The summed E-state index contributed by atoms with van der Waals surface area (Å²) in [6.07, 6.45) is 14.0. The summed E-state index contributed by atoms with van der Waals surface area (Å²) in [6, 6.07) is 27.3. The molecule has 7 aromatic heterocycles. The zero-order valence-corrected chi connectivity index (χ0v) is 39.3. The van der Waals surface area contributed by atoms with Crippen LogP contribution in [0.4, 0.5) is 0 Å². The highest BCUT2D eigenvalue weighted by Crippen LogP contribution is 2.42. The minimum atomic E-state index is -0.369. The van der Waals surface area contributed by atoms with Gasteiger partial charge in [-0.15, -0.1) is 22.7 Å². The first-order valence-corrected chi connectivity index (χ1v) is 25.0. The number of furan rings is 1. The lowest BCUT2D eigenvalue weighted by Gasteiger charge is -2.16. The standard InChI is InChI=1S/C26H24N2O2.C15H9N3O2S.C14H8N2O3S/c29-25-21-22(24(28-25)20-12-10-16-6-2-4-8-18(16)14-20)26(30)27-23(21)19-11-9-15-5-1-3-7-17(15)13-19;19-14-10-11(13(18-14)9-2-1-7-21-9)15(20)17-12(10)8-3-5-16-6-4-8;17-13-9-10(12(16-13)8-4-2-6-20-8)14(18)15-11(9)7-3-1-5-19-7/h9-14,27,30H,1-8H2;1-7,17,20H;1-6,15,18H. The number of aryl methyl sites for hydroxylation is 4. The minimum Gasteiger partial charge on any atom is -0.494 e. The Bertz CT molecular complexity index is 3690. The predicted octanol–water partition coefficient (Wildman–Crippen LogP) is 11.0. The SMILES string of the molecule is O=C1N=C(c2ccc3c(c2)CCCC3)c2c(O)[nH]c(-c3ccc4c(c3)CCCC4)c21.O=C1N=C(c2cccs2)c2c(O)[nH]c(-c3ccco3)c21.O=C1N=C(c2cccs2)c2c(O)[nH]c(-c3ccncc3)c21. The van der Waals surface area contributed by atoms with E-state index in [9.17, 15) is 29.7 Å². The lowest BCUT2D eigenvalue weighted by molar-refractivity contribution is 0.0998. The number of hydrogen-bond donors (Lipinski definition) is 6. The second-order valence-corrected chi connectivity index (χ2v) is 19.5. The van der Waals surface area contributed by atoms with Crippen LogP contribution in [-0.4, -0.2) is 70.1 Å². The molecule has 3 amide bonds. The molecule has 0 fully saturated rings. The third-order valence-electron chi connectivity index (χ3n) is 13.4. The molecule has 14 rings (SSSR count). The van der Waals surface area contributed by atoms with Gasteiger partial charge >= 0.3 is 0 Å². The predicted molar refractivity (Wildman–Crippen MR) is 272 cm³/mol. The van der Waals surface area contributed by atoms with Crippen LogP contribution in [-0.2, 0) is 25.7 Å². The van der Waals surface area contributed by atoms with Crippen molar-refractivity contribution >= 4 is 57.5 Å². The van der Waals surface area contributed by atoms with Crippen molar-refractivity contribution in [1.29, 1.82) is 0 Å². The number of hydrogen-bond acceptors (Lipinski definition) is 10. The van der Waals surface area contributed by atoms with Crippen molar-refractivity contribution in [2.24, 2.45) is 15.0 Å². The molecule has 0 bridgehead atoms. The van der Waals surface area contributed by atoms with E-state index >= 15 is 0 Å². The van der Waals surface area contributed by atoms with Gasteiger partial charge in [-0.2, -0.15) is 0 Å². The van der Waals surface area contributed by atoms with Crippen LogP contribution in [0, 0.1) is 0 Å². The number of amides is 3. The third-order valence-corrected chi connectivity index (χ3v) is 15.2. The summed E-state index contributed by atoms with van der Waals surface area (Å²) in [5.74, 6) is -0.554. The summed E-state index contributed by atoms with van der Waals surface area (Å²) in [5, 5.41) is 34.9. The second-order valence-electron chi connectivity index (χ2n) is 17.6. The zero-order chi connectivity index (χ0) is 48.3. The highest BCUT2D eigenvalue weighted by molar-refractivity contribution is 7.12. The quantitative estimate of drug-likeness (QED) is 0.0938. The van der Waals surface area contributed by atoms with Crippen molar-refractivity contribution in [2.75, 3.05) is 0 Å². The molecule has 0 radical (unpaired) electrons. The molecule has 0 spiro atoms. The van der Waals surface area contributed by atoms with Crippen LogP contribution in [0.25, 0.3) is 34.0 Å². The zero-order valence-electron chi connectivity index (χ0n) is 37.7. The summed E-state index contributed by atoms with van der Waals surface area (Å²) in [6.45, 7) is 0. The molecule has 0 saturated heterocycles. The summed E-state index contributed by atoms with van der Waals surface area (Å²) in [7, 11) is 0. The van der Waals surface area contributed by atoms with Gasteiger partial charge in [0.25, 0.3) is 17.7 Å². The maximum atomic E-state index is 12.9. The molecule has 0 unspecified atom stereocenters. The van der Waals surface area contributed by atoms with E-state index in [0.717, 1.165) is 52.1 Å². The summed E-state index contributed by atoms with van der Waals surface area (Å²) in [4.78, 5) is 64.3. The molecule has 6 N–H and O–H groups in total. The lowest BCUT2D eigenvalue weighted by atomic mass is 9.88. The number of aliphatic imine (C=N–C) groups is 3. The van der Waals surface area contributed by atoms with Gasteiger partial charge in [0.2, 0.25) is 0 Å². The monoisotopic (exact) mass is 975 g/mol. The molecule has 10 heterocycles. The Morgan fingerprint density at radius 3 is 1.45 bits per heavy atom. The summed E-state index contributed by atoms with van der Waals surface area (Å²) < 4.78 is 5.29. The Morgan fingerprint density at radius 1 is 0.465 bits per heavy atom. The third kappa shape index (κ3) is 7.68. The number of benzene rings is 2. The molecule has 0 atom stereocenters. The van der Waals surface area contributed by atoms with Gasteiger partial charge in [-0.3, -0.25) is 19.4 Å². The molecule has 0 saturated carbocycles. The van der Waals surface area contributed by atoms with Gasteiger partial charge in [0.05, 0.1) is 83.6 Å². The van der Waals surface area contributed by atoms with Crippen molar-refractivity contribution in [1.82, 2.24) is 19.9 Å². The second kappa shape index (κ2) is 17.8. The van der Waals surface area contributed by atoms with Crippen LogP contribution in [0.15, 0.2) is 134 Å². The number of rotatable bonds is 6. The Hall–Kier alpha value is -8.47. The number of aromatic nitrogens is 4. The van der Waals surface area contributed by atoms with Crippen molar-refractivity contribution in [3.05, 3.63) is 185 Å². The van der Waals surface area contributed by atoms with E-state index < -0.39 is 0 Å². The number of nitrogens with one attached hydrogen (secondary N) is 3. The van der Waals surface area contributed by atoms with Gasteiger partial charge < -0.3 is 34.7 Å². The first-order valence-electron chi connectivity index (χ1n) is 23.2. The lowest BCUT2D eigenvalue weighted by Crippen LogP contribution is -2.06. The van der Waals surface area contributed by atoms with E-state index in [1.807, 2.05) is 41.1 Å². The van der Waals surface area contributed by atoms with Gasteiger partial charge in [0, 0.05) is 23.5 Å². The Morgan fingerprint density at radius 2 is 0.930 bits per heavy atom. The number of carbonyl (C=O) groups excluding carboxylic acids is 3. The molecular formula is C55H41N7O7S2. The van der Waals surface area contributed by atoms with Crippen LogP contribution in [0.2, 0.25) is 0 Å². The van der Waals surface area contributed by atoms with Crippen LogP contribution < -0.4 is 0 Å². The molecule has 350 valence electrons. The molecule has 71 heavy (non-hydrogen) atoms. The number of pyridine rings is 1. The van der Waals surface area contributed by atoms with Gasteiger partial charge in [-0.1, -0.05) is 36.4 Å². The van der Waals surface area contributed by atoms with Gasteiger partial charge in [0.1, 0.15) is 0 Å². The van der Waals surface area contributed by atoms with Gasteiger partial charge in [0.15, 0.2) is 23.4 Å². The van der Waals surface area contributed by atoms with E-state index in [1.165, 1.54) is 76.9 Å². The molecule has 16 heteroatoms. The largest absolute Gasteiger partial charge is 0.494 e. The molecule has 9 aromatic rings. The number of carbonyl (C=O) groups is 3. The number of aromatic hydroxyl groups is 3.